The molecule has 5 nitrogen and oxygen atoms in total. The average Bonchev–Trinajstić information content (AvgIpc) is 3.23. The normalized spacial score (nSPS) is 18.6. The van der Waals surface area contributed by atoms with Gasteiger partial charge in [0.05, 0.1) is 21.8 Å². The molecule has 1 saturated heterocycles. The number of hydrogen-bond donors (Lipinski definition) is 0. The number of fused-ring (bicyclic) bond motifs is 1. The largest absolute Gasteiger partial charge is 0.381 e. The van der Waals surface area contributed by atoms with Crippen molar-refractivity contribution in [2.45, 2.75) is 25.2 Å². The topological polar surface area (TPSA) is 61.0 Å². The van der Waals surface area contributed by atoms with Crippen LogP contribution in [0.1, 0.15) is 29.1 Å². The zero-order chi connectivity index (χ0) is 14.1. The van der Waals surface area contributed by atoms with Crippen molar-refractivity contribution in [1.29, 1.82) is 0 Å². The molecule has 0 amide bonds. The van der Waals surface area contributed by atoms with Crippen molar-refractivity contribution in [3.63, 3.8) is 0 Å². The van der Waals surface area contributed by atoms with Crippen LogP contribution < -0.4 is 0 Å². The Kier molecular flexibility index (Phi) is 3.40. The van der Waals surface area contributed by atoms with Gasteiger partial charge in [0.25, 0.3) is 0 Å². The predicted octanol–water partition coefficient (Wildman–Crippen LogP) is 2.97. The number of rotatable bonds is 4. The van der Waals surface area contributed by atoms with Crippen molar-refractivity contribution in [2.75, 3.05) is 13.2 Å². The number of hydrogen-bond acceptors (Lipinski definition) is 6. The average molecular weight is 301 g/mol. The van der Waals surface area contributed by atoms with Gasteiger partial charge in [-0.3, -0.25) is 0 Å². The van der Waals surface area contributed by atoms with Crippen molar-refractivity contribution in [3.05, 3.63) is 41.0 Å². The van der Waals surface area contributed by atoms with Crippen LogP contribution in [0.3, 0.4) is 0 Å². The lowest BCUT2D eigenvalue weighted by Crippen LogP contribution is -2.00. The van der Waals surface area contributed by atoms with Crippen LogP contribution in [-0.2, 0) is 17.6 Å². The Labute approximate surface area is 126 Å². The molecule has 0 spiro atoms. The van der Waals surface area contributed by atoms with Crippen LogP contribution in [0.25, 0.3) is 10.2 Å². The molecule has 6 heteroatoms. The van der Waals surface area contributed by atoms with E-state index in [9.17, 15) is 0 Å². The van der Waals surface area contributed by atoms with Crippen LogP contribution in [0.2, 0.25) is 0 Å². The van der Waals surface area contributed by atoms with Crippen molar-refractivity contribution < 1.29 is 9.26 Å². The standard InChI is InChI=1S/C15H15N3O2S/c1-2-4-12-11(3-1)16-14(21-12)6-5-13-17-15(18-20-13)10-7-8-19-9-10/h1-4,10H,5-9H2/t10-/m0/s1. The number of aromatic nitrogens is 3. The van der Waals surface area contributed by atoms with Crippen molar-refractivity contribution in [1.82, 2.24) is 15.1 Å². The van der Waals surface area contributed by atoms with Gasteiger partial charge in [-0.25, -0.2) is 4.98 Å². The summed E-state index contributed by atoms with van der Waals surface area (Å²) in [6.45, 7) is 1.50. The fourth-order valence-corrected chi connectivity index (χ4v) is 3.48. The quantitative estimate of drug-likeness (QED) is 0.741. The molecule has 0 radical (unpaired) electrons. The van der Waals surface area contributed by atoms with Gasteiger partial charge in [0.2, 0.25) is 5.89 Å². The molecule has 1 aromatic carbocycles. The Bertz CT molecular complexity index is 713. The lowest BCUT2D eigenvalue weighted by Gasteiger charge is -1.97. The maximum Gasteiger partial charge on any atom is 0.227 e. The Morgan fingerprint density at radius 3 is 3.00 bits per heavy atom. The summed E-state index contributed by atoms with van der Waals surface area (Å²) in [6, 6.07) is 8.19. The zero-order valence-corrected chi connectivity index (χ0v) is 12.3. The van der Waals surface area contributed by atoms with E-state index in [1.165, 1.54) is 4.70 Å². The van der Waals surface area contributed by atoms with Gasteiger partial charge in [0.1, 0.15) is 0 Å². The first-order chi connectivity index (χ1) is 10.4. The Morgan fingerprint density at radius 2 is 2.14 bits per heavy atom. The molecule has 0 aliphatic carbocycles. The third-order valence-electron chi connectivity index (χ3n) is 3.67. The van der Waals surface area contributed by atoms with E-state index in [1.54, 1.807) is 11.3 Å². The van der Waals surface area contributed by atoms with Crippen LogP contribution in [0.4, 0.5) is 0 Å². The van der Waals surface area contributed by atoms with E-state index in [0.29, 0.717) is 18.4 Å². The molecule has 3 aromatic rings. The number of benzene rings is 1. The lowest BCUT2D eigenvalue weighted by atomic mass is 10.1. The number of aryl methyl sites for hydroxylation is 2. The monoisotopic (exact) mass is 301 g/mol. The van der Waals surface area contributed by atoms with Gasteiger partial charge in [-0.1, -0.05) is 17.3 Å². The van der Waals surface area contributed by atoms with E-state index in [1.807, 2.05) is 18.2 Å². The van der Waals surface area contributed by atoms with Crippen LogP contribution in [0.5, 0.6) is 0 Å². The third-order valence-corrected chi connectivity index (χ3v) is 4.77. The van der Waals surface area contributed by atoms with Gasteiger partial charge < -0.3 is 9.26 Å². The zero-order valence-electron chi connectivity index (χ0n) is 11.5. The van der Waals surface area contributed by atoms with E-state index in [-0.39, 0.29) is 0 Å². The third kappa shape index (κ3) is 2.69. The maximum atomic E-state index is 5.35. The second kappa shape index (κ2) is 5.54. The van der Waals surface area contributed by atoms with Crippen molar-refractivity contribution in [3.8, 4) is 0 Å². The minimum Gasteiger partial charge on any atom is -0.381 e. The molecule has 1 aliphatic rings. The molecule has 1 aliphatic heterocycles. The maximum absolute atomic E-state index is 5.35. The number of thiazole rings is 1. The number of ether oxygens (including phenoxy) is 1. The van der Waals surface area contributed by atoms with Crippen molar-refractivity contribution in [2.24, 2.45) is 0 Å². The van der Waals surface area contributed by atoms with E-state index in [4.69, 9.17) is 9.26 Å². The Balaban J connectivity index is 1.44. The van der Waals surface area contributed by atoms with Crippen molar-refractivity contribution >= 4 is 21.6 Å². The van der Waals surface area contributed by atoms with Crippen LogP contribution in [-0.4, -0.2) is 28.3 Å². The molecule has 4 rings (SSSR count). The van der Waals surface area contributed by atoms with E-state index in [0.717, 1.165) is 42.2 Å². The van der Waals surface area contributed by atoms with Gasteiger partial charge in [-0.05, 0) is 18.6 Å². The summed E-state index contributed by atoms with van der Waals surface area (Å²) in [7, 11) is 0. The first-order valence-corrected chi connectivity index (χ1v) is 7.95. The summed E-state index contributed by atoms with van der Waals surface area (Å²) < 4.78 is 11.9. The van der Waals surface area contributed by atoms with Crippen LogP contribution >= 0.6 is 11.3 Å². The van der Waals surface area contributed by atoms with Gasteiger partial charge in [-0.2, -0.15) is 4.98 Å². The molecule has 0 bridgehead atoms. The Morgan fingerprint density at radius 1 is 1.19 bits per heavy atom. The fraction of sp³-hybridized carbons (Fsp3) is 0.400. The summed E-state index contributed by atoms with van der Waals surface area (Å²) in [5.74, 6) is 1.77. The van der Waals surface area contributed by atoms with Gasteiger partial charge >= 0.3 is 0 Å². The predicted molar refractivity (Wildman–Crippen MR) is 79.5 cm³/mol. The molecule has 0 saturated carbocycles. The molecular weight excluding hydrogens is 286 g/mol. The number of nitrogens with zero attached hydrogens (tertiary/aromatic N) is 3. The lowest BCUT2D eigenvalue weighted by molar-refractivity contribution is 0.192. The molecule has 0 N–H and O–H groups in total. The molecule has 3 heterocycles. The second-order valence-corrected chi connectivity index (χ2v) is 6.30. The highest BCUT2D eigenvalue weighted by Crippen LogP contribution is 2.24. The van der Waals surface area contributed by atoms with Gasteiger partial charge in [0, 0.05) is 25.4 Å². The first kappa shape index (κ1) is 12.9. The van der Waals surface area contributed by atoms with Crippen LogP contribution in [0, 0.1) is 0 Å². The summed E-state index contributed by atoms with van der Waals surface area (Å²) in [5.41, 5.74) is 1.06. The summed E-state index contributed by atoms with van der Waals surface area (Å²) >= 11 is 1.73. The summed E-state index contributed by atoms with van der Waals surface area (Å²) in [5, 5.41) is 5.18. The number of para-hydroxylation sites is 1. The smallest absolute Gasteiger partial charge is 0.227 e. The molecule has 0 unspecified atom stereocenters. The molecule has 1 fully saturated rings. The van der Waals surface area contributed by atoms with E-state index in [2.05, 4.69) is 21.2 Å². The van der Waals surface area contributed by atoms with Gasteiger partial charge in [0.15, 0.2) is 5.82 Å². The van der Waals surface area contributed by atoms with Gasteiger partial charge in [-0.15, -0.1) is 11.3 Å². The highest BCUT2D eigenvalue weighted by molar-refractivity contribution is 7.18. The SMILES string of the molecule is c1ccc2sc(CCc3nc([C@H]4CCOC4)no3)nc2c1. The minimum atomic E-state index is 0.296. The van der Waals surface area contributed by atoms with E-state index < -0.39 is 0 Å². The highest BCUT2D eigenvalue weighted by Gasteiger charge is 2.23. The van der Waals surface area contributed by atoms with E-state index >= 15 is 0 Å². The molecular formula is C15H15N3O2S. The molecule has 21 heavy (non-hydrogen) atoms. The highest BCUT2D eigenvalue weighted by atomic mass is 32.1. The summed E-state index contributed by atoms with van der Waals surface area (Å²) in [4.78, 5) is 9.10. The second-order valence-electron chi connectivity index (χ2n) is 5.18. The fourth-order valence-electron chi connectivity index (χ4n) is 2.51. The Hall–Kier alpha value is -1.79. The molecule has 1 atom stereocenters. The molecule has 108 valence electrons. The first-order valence-electron chi connectivity index (χ1n) is 7.13. The minimum absolute atomic E-state index is 0.296. The molecule has 2 aromatic heterocycles. The summed E-state index contributed by atoms with van der Waals surface area (Å²) in [6.07, 6.45) is 2.55. The van der Waals surface area contributed by atoms with Crippen LogP contribution in [0.15, 0.2) is 28.8 Å².